The average Bonchev–Trinajstić information content (AvgIpc) is 2.55. The summed E-state index contributed by atoms with van der Waals surface area (Å²) in [5.41, 5.74) is -2.40. The van der Waals surface area contributed by atoms with Crippen LogP contribution in [-0.2, 0) is 10.0 Å². The van der Waals surface area contributed by atoms with Crippen molar-refractivity contribution in [2.75, 3.05) is 4.72 Å². The molecule has 0 saturated heterocycles. The van der Waals surface area contributed by atoms with Gasteiger partial charge in [-0.3, -0.25) is 9.52 Å². The van der Waals surface area contributed by atoms with Crippen LogP contribution in [0.4, 0.5) is 14.5 Å². The van der Waals surface area contributed by atoms with Crippen molar-refractivity contribution in [2.24, 2.45) is 0 Å². The molecule has 4 N–H and O–H groups in total. The molecular formula is C18H18F2N2O6S. The van der Waals surface area contributed by atoms with Gasteiger partial charge in [0.15, 0.2) is 0 Å². The Morgan fingerprint density at radius 1 is 1.03 bits per heavy atom. The van der Waals surface area contributed by atoms with E-state index in [1.807, 2.05) is 0 Å². The van der Waals surface area contributed by atoms with Crippen molar-refractivity contribution in [3.05, 3.63) is 53.1 Å². The number of aromatic hydroxyl groups is 1. The van der Waals surface area contributed by atoms with E-state index < -0.39 is 61.0 Å². The number of carbonyl (C=O) groups is 2. The van der Waals surface area contributed by atoms with E-state index in [9.17, 15) is 31.9 Å². The molecular weight excluding hydrogens is 410 g/mol. The van der Waals surface area contributed by atoms with E-state index in [1.54, 1.807) is 25.5 Å². The lowest BCUT2D eigenvalue weighted by atomic mass is 10.1. The van der Waals surface area contributed by atoms with Crippen LogP contribution in [0, 0.1) is 11.6 Å². The van der Waals surface area contributed by atoms with Gasteiger partial charge >= 0.3 is 5.97 Å². The fraction of sp³-hybridized carbons (Fsp3) is 0.222. The number of phenolic OH excluding ortho intramolecular Hbond substituents is 1. The summed E-state index contributed by atoms with van der Waals surface area (Å²) in [6.07, 6.45) is 0. The predicted molar refractivity (Wildman–Crippen MR) is 99.5 cm³/mol. The summed E-state index contributed by atoms with van der Waals surface area (Å²) in [6.45, 7) is 5.20. The molecule has 0 aliphatic rings. The first-order valence-electron chi connectivity index (χ1n) is 8.12. The van der Waals surface area contributed by atoms with E-state index in [2.05, 4.69) is 5.32 Å². The highest BCUT2D eigenvalue weighted by atomic mass is 32.2. The molecule has 0 aliphatic carbocycles. The monoisotopic (exact) mass is 428 g/mol. The molecule has 11 heteroatoms. The topological polar surface area (TPSA) is 133 Å². The van der Waals surface area contributed by atoms with Crippen LogP contribution >= 0.6 is 0 Å². The standard InChI is InChI=1S/C18H18F2N2O6S/c1-18(2,3)21-16(24)9-4-5-15(14(23)6-9)29(27,28)22-13-8-11(19)10(17(25)26)7-12(13)20/h4-8,22-23H,1-3H3,(H,21,24)(H,25,26). The first-order valence-corrected chi connectivity index (χ1v) is 9.60. The molecule has 2 aromatic rings. The van der Waals surface area contributed by atoms with Gasteiger partial charge in [-0.05, 0) is 45.0 Å². The molecule has 0 aromatic heterocycles. The SMILES string of the molecule is CC(C)(C)NC(=O)c1ccc(S(=O)(=O)Nc2cc(F)c(C(=O)O)cc2F)c(O)c1. The molecule has 0 atom stereocenters. The third kappa shape index (κ3) is 5.19. The number of halogens is 2. The lowest BCUT2D eigenvalue weighted by Gasteiger charge is -2.20. The molecule has 2 aromatic carbocycles. The van der Waals surface area contributed by atoms with Gasteiger partial charge in [0.2, 0.25) is 0 Å². The van der Waals surface area contributed by atoms with Crippen molar-refractivity contribution in [3.63, 3.8) is 0 Å². The van der Waals surface area contributed by atoms with E-state index in [4.69, 9.17) is 5.11 Å². The number of carboxylic acids is 1. The van der Waals surface area contributed by atoms with Crippen LogP contribution in [0.1, 0.15) is 41.5 Å². The highest BCUT2D eigenvalue weighted by molar-refractivity contribution is 7.92. The molecule has 29 heavy (non-hydrogen) atoms. The van der Waals surface area contributed by atoms with E-state index in [0.717, 1.165) is 18.2 Å². The second-order valence-corrected chi connectivity index (χ2v) is 8.76. The van der Waals surface area contributed by atoms with Crippen LogP contribution in [0.3, 0.4) is 0 Å². The summed E-state index contributed by atoms with van der Waals surface area (Å²) in [7, 11) is -4.58. The minimum Gasteiger partial charge on any atom is -0.506 e. The quantitative estimate of drug-likeness (QED) is 0.579. The number of benzene rings is 2. The molecule has 156 valence electrons. The van der Waals surface area contributed by atoms with E-state index in [1.165, 1.54) is 0 Å². The molecule has 0 saturated carbocycles. The summed E-state index contributed by atoms with van der Waals surface area (Å²) in [4.78, 5) is 22.2. The lowest BCUT2D eigenvalue weighted by Crippen LogP contribution is -2.40. The smallest absolute Gasteiger partial charge is 0.338 e. The maximum atomic E-state index is 14.0. The highest BCUT2D eigenvalue weighted by Crippen LogP contribution is 2.28. The van der Waals surface area contributed by atoms with Crippen LogP contribution in [0.15, 0.2) is 35.2 Å². The lowest BCUT2D eigenvalue weighted by molar-refractivity contribution is 0.0691. The minimum absolute atomic E-state index is 0.0144. The highest BCUT2D eigenvalue weighted by Gasteiger charge is 2.24. The van der Waals surface area contributed by atoms with Crippen molar-refractivity contribution < 1.29 is 37.0 Å². The Labute approximate surface area is 165 Å². The number of hydrogen-bond donors (Lipinski definition) is 4. The summed E-state index contributed by atoms with van der Waals surface area (Å²) in [5.74, 6) is -5.75. The molecule has 1 amide bonds. The van der Waals surface area contributed by atoms with Crippen LogP contribution < -0.4 is 10.0 Å². The molecule has 2 rings (SSSR count). The molecule has 0 aliphatic heterocycles. The maximum absolute atomic E-state index is 14.0. The van der Waals surface area contributed by atoms with Crippen molar-refractivity contribution in [3.8, 4) is 5.75 Å². The molecule has 0 heterocycles. The number of carboxylic acid groups (broad SMARTS) is 1. The molecule has 0 bridgehead atoms. The number of rotatable bonds is 5. The fourth-order valence-corrected chi connectivity index (χ4v) is 3.42. The van der Waals surface area contributed by atoms with E-state index in [0.29, 0.717) is 12.1 Å². The van der Waals surface area contributed by atoms with Crippen molar-refractivity contribution in [1.29, 1.82) is 0 Å². The molecule has 0 unspecified atom stereocenters. The predicted octanol–water partition coefficient (Wildman–Crippen LogP) is 2.70. The molecule has 0 spiro atoms. The largest absolute Gasteiger partial charge is 0.506 e. The van der Waals surface area contributed by atoms with Crippen LogP contribution in [0.25, 0.3) is 0 Å². The third-order valence-corrected chi connectivity index (χ3v) is 4.94. The Bertz CT molecular complexity index is 1090. The van der Waals surface area contributed by atoms with Gasteiger partial charge in [-0.1, -0.05) is 0 Å². The minimum atomic E-state index is -4.58. The summed E-state index contributed by atoms with van der Waals surface area (Å²) < 4.78 is 54.3. The van der Waals surface area contributed by atoms with Gasteiger partial charge < -0.3 is 15.5 Å². The molecule has 8 nitrogen and oxygen atoms in total. The second-order valence-electron chi connectivity index (χ2n) is 7.11. The van der Waals surface area contributed by atoms with Crippen molar-refractivity contribution >= 4 is 27.6 Å². The first kappa shape index (κ1) is 22.1. The Morgan fingerprint density at radius 2 is 1.66 bits per heavy atom. The zero-order valence-corrected chi connectivity index (χ0v) is 16.4. The summed E-state index contributed by atoms with van der Waals surface area (Å²) >= 11 is 0. The van der Waals surface area contributed by atoms with Gasteiger partial charge in [0.1, 0.15) is 22.3 Å². The number of aromatic carboxylic acids is 1. The number of nitrogens with one attached hydrogen (secondary N) is 2. The van der Waals surface area contributed by atoms with Crippen molar-refractivity contribution in [1.82, 2.24) is 5.32 Å². The molecule has 0 fully saturated rings. The Morgan fingerprint density at radius 3 is 2.17 bits per heavy atom. The van der Waals surface area contributed by atoms with Gasteiger partial charge in [0.05, 0.1) is 11.3 Å². The van der Waals surface area contributed by atoms with Crippen LogP contribution in [-0.4, -0.2) is 36.0 Å². The fourth-order valence-electron chi connectivity index (χ4n) is 2.29. The number of phenols is 1. The van der Waals surface area contributed by atoms with Gasteiger partial charge in [0.25, 0.3) is 15.9 Å². The summed E-state index contributed by atoms with van der Waals surface area (Å²) in [5, 5.41) is 21.4. The first-order chi connectivity index (χ1) is 13.2. The summed E-state index contributed by atoms with van der Waals surface area (Å²) in [6, 6.07) is 3.68. The zero-order valence-electron chi connectivity index (χ0n) is 15.6. The van der Waals surface area contributed by atoms with Crippen molar-refractivity contribution in [2.45, 2.75) is 31.2 Å². The Balaban J connectivity index is 2.36. The normalized spacial score (nSPS) is 11.8. The second kappa shape index (κ2) is 7.66. The number of sulfonamides is 1. The average molecular weight is 428 g/mol. The van der Waals surface area contributed by atoms with Gasteiger partial charge in [0, 0.05) is 17.2 Å². The van der Waals surface area contributed by atoms with Gasteiger partial charge in [-0.15, -0.1) is 0 Å². The van der Waals surface area contributed by atoms with Gasteiger partial charge in [-0.25, -0.2) is 22.0 Å². The molecule has 0 radical (unpaired) electrons. The number of carbonyl (C=O) groups excluding carboxylic acids is 1. The Kier molecular flexibility index (Phi) is 5.84. The number of hydrogen-bond acceptors (Lipinski definition) is 5. The number of anilines is 1. The zero-order chi connectivity index (χ0) is 22.1. The van der Waals surface area contributed by atoms with Crippen LogP contribution in [0.2, 0.25) is 0 Å². The van der Waals surface area contributed by atoms with E-state index >= 15 is 0 Å². The Hall–Kier alpha value is -3.21. The maximum Gasteiger partial charge on any atom is 0.338 e. The van der Waals surface area contributed by atoms with E-state index in [-0.39, 0.29) is 5.56 Å². The van der Waals surface area contributed by atoms with Crippen LogP contribution in [0.5, 0.6) is 5.75 Å². The van der Waals surface area contributed by atoms with Gasteiger partial charge in [-0.2, -0.15) is 0 Å². The number of amides is 1. The third-order valence-electron chi connectivity index (χ3n) is 3.53.